The van der Waals surface area contributed by atoms with Gasteiger partial charge in [-0.25, -0.2) is 4.39 Å². The van der Waals surface area contributed by atoms with Crippen molar-refractivity contribution in [2.24, 2.45) is 5.73 Å². The Morgan fingerprint density at radius 1 is 1.15 bits per heavy atom. The summed E-state index contributed by atoms with van der Waals surface area (Å²) in [6, 6.07) is 14.5. The van der Waals surface area contributed by atoms with Crippen molar-refractivity contribution in [3.05, 3.63) is 64.9 Å². The second-order valence-electron chi connectivity index (χ2n) is 6.60. The summed E-state index contributed by atoms with van der Waals surface area (Å²) in [7, 11) is 0. The minimum Gasteiger partial charge on any atom is -0.352 e. The lowest BCUT2D eigenvalue weighted by Crippen LogP contribution is -2.41. The van der Waals surface area contributed by atoms with Crippen molar-refractivity contribution in [1.82, 2.24) is 5.32 Å². The molecule has 26 heavy (non-hydrogen) atoms. The number of hydrogen-bond donors (Lipinski definition) is 2. The predicted molar refractivity (Wildman–Crippen MR) is 105 cm³/mol. The summed E-state index contributed by atoms with van der Waals surface area (Å²) in [5.74, 6) is -0.502. The van der Waals surface area contributed by atoms with E-state index in [1.807, 2.05) is 30.3 Å². The van der Waals surface area contributed by atoms with Crippen molar-refractivity contribution in [2.45, 2.75) is 47.9 Å². The summed E-state index contributed by atoms with van der Waals surface area (Å²) in [6.45, 7) is 0. The van der Waals surface area contributed by atoms with Crippen LogP contribution < -0.4 is 11.1 Å². The standard InChI is InChI=1S/C20H22ClFN2OS/c21-17-12-16(10-11-18(17)22)26-19(13-4-2-1-3-5-13)20(25)24-15-8-6-14(23)7-9-15/h1-5,10-12,14-15,19H,6-9,23H2,(H,24,25). The number of nitrogens with one attached hydrogen (secondary N) is 1. The van der Waals surface area contributed by atoms with Gasteiger partial charge in [-0.1, -0.05) is 41.9 Å². The van der Waals surface area contributed by atoms with Crippen molar-refractivity contribution < 1.29 is 9.18 Å². The molecule has 2 aromatic carbocycles. The van der Waals surface area contributed by atoms with Gasteiger partial charge in [0.25, 0.3) is 0 Å². The van der Waals surface area contributed by atoms with Crippen molar-refractivity contribution in [2.75, 3.05) is 0 Å². The smallest absolute Gasteiger partial charge is 0.238 e. The molecule has 6 heteroatoms. The number of amides is 1. The summed E-state index contributed by atoms with van der Waals surface area (Å²) in [6.07, 6.45) is 3.67. The Morgan fingerprint density at radius 2 is 1.85 bits per heavy atom. The SMILES string of the molecule is NC1CCC(NC(=O)C(Sc2ccc(F)c(Cl)c2)c2ccccc2)CC1. The van der Waals surface area contributed by atoms with E-state index in [9.17, 15) is 9.18 Å². The number of benzene rings is 2. The molecule has 0 radical (unpaired) electrons. The van der Waals surface area contributed by atoms with Crippen LogP contribution in [0.15, 0.2) is 53.4 Å². The number of rotatable bonds is 5. The number of hydrogen-bond acceptors (Lipinski definition) is 3. The van der Waals surface area contributed by atoms with Crippen LogP contribution in [0.4, 0.5) is 4.39 Å². The molecule has 0 bridgehead atoms. The molecule has 0 aliphatic heterocycles. The Kier molecular flexibility index (Phi) is 6.57. The molecule has 0 heterocycles. The Labute approximate surface area is 162 Å². The summed E-state index contributed by atoms with van der Waals surface area (Å²) in [5.41, 5.74) is 6.85. The van der Waals surface area contributed by atoms with Crippen LogP contribution in [0.2, 0.25) is 5.02 Å². The third kappa shape index (κ3) is 5.00. The van der Waals surface area contributed by atoms with Crippen LogP contribution in [0.3, 0.4) is 0 Å². The van der Waals surface area contributed by atoms with Gasteiger partial charge in [-0.3, -0.25) is 4.79 Å². The van der Waals surface area contributed by atoms with E-state index in [1.54, 1.807) is 12.1 Å². The number of thioether (sulfide) groups is 1. The molecular weight excluding hydrogens is 371 g/mol. The van der Waals surface area contributed by atoms with E-state index in [1.165, 1.54) is 17.8 Å². The first-order valence-corrected chi connectivity index (χ1v) is 10.0. The molecule has 0 spiro atoms. The lowest BCUT2D eigenvalue weighted by atomic mass is 9.91. The van der Waals surface area contributed by atoms with Crippen LogP contribution in [0.1, 0.15) is 36.5 Å². The van der Waals surface area contributed by atoms with Gasteiger partial charge in [0.2, 0.25) is 5.91 Å². The van der Waals surface area contributed by atoms with Crippen LogP contribution in [0.25, 0.3) is 0 Å². The molecular formula is C20H22ClFN2OS. The monoisotopic (exact) mass is 392 g/mol. The molecule has 0 saturated heterocycles. The fourth-order valence-corrected chi connectivity index (χ4v) is 4.45. The molecule has 138 valence electrons. The second-order valence-corrected chi connectivity index (χ2v) is 8.19. The van der Waals surface area contributed by atoms with Gasteiger partial charge in [0, 0.05) is 17.0 Å². The summed E-state index contributed by atoms with van der Waals surface area (Å²) >= 11 is 7.27. The van der Waals surface area contributed by atoms with E-state index in [2.05, 4.69) is 5.32 Å². The van der Waals surface area contributed by atoms with Crippen molar-refractivity contribution >= 4 is 29.3 Å². The van der Waals surface area contributed by atoms with E-state index in [0.29, 0.717) is 0 Å². The molecule has 3 N–H and O–H groups in total. The Hall–Kier alpha value is -1.56. The molecule has 3 nitrogen and oxygen atoms in total. The first kappa shape index (κ1) is 19.2. The highest BCUT2D eigenvalue weighted by molar-refractivity contribution is 8.00. The lowest BCUT2D eigenvalue weighted by Gasteiger charge is -2.28. The fourth-order valence-electron chi connectivity index (χ4n) is 3.13. The molecule has 1 atom stereocenters. The maximum absolute atomic E-state index is 13.4. The lowest BCUT2D eigenvalue weighted by molar-refractivity contribution is -0.121. The van der Waals surface area contributed by atoms with E-state index in [0.717, 1.165) is 36.1 Å². The molecule has 3 rings (SSSR count). The van der Waals surface area contributed by atoms with Gasteiger partial charge in [0.05, 0.1) is 5.02 Å². The van der Waals surface area contributed by atoms with E-state index in [-0.39, 0.29) is 23.0 Å². The first-order chi connectivity index (χ1) is 12.5. The minimum absolute atomic E-state index is 0.0397. The van der Waals surface area contributed by atoms with Crippen LogP contribution >= 0.6 is 23.4 Å². The molecule has 1 unspecified atom stereocenters. The normalized spacial score (nSPS) is 21.2. The number of halogens is 2. The van der Waals surface area contributed by atoms with Crippen LogP contribution in [-0.4, -0.2) is 18.0 Å². The zero-order valence-electron chi connectivity index (χ0n) is 14.3. The van der Waals surface area contributed by atoms with Gasteiger partial charge in [-0.15, -0.1) is 11.8 Å². The number of nitrogens with two attached hydrogens (primary N) is 1. The van der Waals surface area contributed by atoms with E-state index in [4.69, 9.17) is 17.3 Å². The van der Waals surface area contributed by atoms with Crippen LogP contribution in [-0.2, 0) is 4.79 Å². The van der Waals surface area contributed by atoms with E-state index < -0.39 is 11.1 Å². The first-order valence-electron chi connectivity index (χ1n) is 8.75. The van der Waals surface area contributed by atoms with Gasteiger partial charge in [-0.05, 0) is 49.4 Å². The zero-order chi connectivity index (χ0) is 18.5. The largest absolute Gasteiger partial charge is 0.352 e. The minimum atomic E-state index is -0.463. The van der Waals surface area contributed by atoms with Crippen molar-refractivity contribution in [1.29, 1.82) is 0 Å². The second kappa shape index (κ2) is 8.89. The highest BCUT2D eigenvalue weighted by atomic mass is 35.5. The summed E-state index contributed by atoms with van der Waals surface area (Å²) < 4.78 is 13.4. The number of carbonyl (C=O) groups excluding carboxylic acids is 1. The van der Waals surface area contributed by atoms with Gasteiger partial charge in [-0.2, -0.15) is 0 Å². The maximum Gasteiger partial charge on any atom is 0.238 e. The average molecular weight is 393 g/mol. The third-order valence-corrected chi connectivity index (χ3v) is 6.14. The quantitative estimate of drug-likeness (QED) is 0.725. The molecule has 1 saturated carbocycles. The van der Waals surface area contributed by atoms with Gasteiger partial charge >= 0.3 is 0 Å². The third-order valence-electron chi connectivity index (χ3n) is 4.60. The predicted octanol–water partition coefficient (Wildman–Crippen LogP) is 4.70. The molecule has 1 aliphatic rings. The molecule has 0 aromatic heterocycles. The summed E-state index contributed by atoms with van der Waals surface area (Å²) in [4.78, 5) is 13.7. The highest BCUT2D eigenvalue weighted by Crippen LogP contribution is 2.37. The number of carbonyl (C=O) groups is 1. The topological polar surface area (TPSA) is 55.1 Å². The molecule has 1 fully saturated rings. The summed E-state index contributed by atoms with van der Waals surface area (Å²) in [5, 5.41) is 2.80. The van der Waals surface area contributed by atoms with Crippen molar-refractivity contribution in [3.63, 3.8) is 0 Å². The van der Waals surface area contributed by atoms with Crippen LogP contribution in [0.5, 0.6) is 0 Å². The Balaban J connectivity index is 1.76. The van der Waals surface area contributed by atoms with Crippen LogP contribution in [0, 0.1) is 5.82 Å². The molecule has 2 aromatic rings. The Bertz CT molecular complexity index is 751. The van der Waals surface area contributed by atoms with Crippen molar-refractivity contribution in [3.8, 4) is 0 Å². The zero-order valence-corrected chi connectivity index (χ0v) is 15.9. The molecule has 1 amide bonds. The van der Waals surface area contributed by atoms with E-state index >= 15 is 0 Å². The highest BCUT2D eigenvalue weighted by Gasteiger charge is 2.26. The van der Waals surface area contributed by atoms with Gasteiger partial charge < -0.3 is 11.1 Å². The van der Waals surface area contributed by atoms with Gasteiger partial charge in [0.15, 0.2) is 0 Å². The van der Waals surface area contributed by atoms with Gasteiger partial charge in [0.1, 0.15) is 11.1 Å². The molecule has 1 aliphatic carbocycles. The Morgan fingerprint density at radius 3 is 2.50 bits per heavy atom. The maximum atomic E-state index is 13.4. The fraction of sp³-hybridized carbons (Fsp3) is 0.350. The average Bonchev–Trinajstić information content (AvgIpc) is 2.65.